The van der Waals surface area contributed by atoms with Crippen LogP contribution in [0, 0.1) is 11.3 Å². The summed E-state index contributed by atoms with van der Waals surface area (Å²) in [6.45, 7) is -0.0724. The number of thiophene rings is 1. The summed E-state index contributed by atoms with van der Waals surface area (Å²) < 4.78 is 26.3. The maximum atomic E-state index is 12.0. The molecule has 0 spiro atoms. The van der Waals surface area contributed by atoms with Gasteiger partial charge in [-0.1, -0.05) is 12.1 Å². The first-order valence-electron chi connectivity index (χ1n) is 6.17. The second kappa shape index (κ2) is 6.83. The minimum atomic E-state index is -3.56. The van der Waals surface area contributed by atoms with Gasteiger partial charge in [0.2, 0.25) is 10.0 Å². The van der Waals surface area contributed by atoms with Crippen LogP contribution in [0.1, 0.15) is 22.8 Å². The SMILES string of the molecule is N#Cc1cccc(CS(=O)(=O)NCC(O)c2ccsc2)c1. The number of nitrogens with zero attached hydrogens (tertiary/aromatic N) is 1. The quantitative estimate of drug-likeness (QED) is 0.848. The van der Waals surface area contributed by atoms with Crippen molar-refractivity contribution in [2.75, 3.05) is 6.54 Å². The summed E-state index contributed by atoms with van der Waals surface area (Å²) in [5, 5.41) is 22.2. The molecule has 21 heavy (non-hydrogen) atoms. The zero-order valence-corrected chi connectivity index (χ0v) is 12.7. The van der Waals surface area contributed by atoms with Gasteiger partial charge in [0, 0.05) is 6.54 Å². The fraction of sp³-hybridized carbons (Fsp3) is 0.214. The van der Waals surface area contributed by atoms with Gasteiger partial charge >= 0.3 is 0 Å². The molecule has 1 unspecified atom stereocenters. The molecule has 0 aliphatic rings. The van der Waals surface area contributed by atoms with Crippen LogP contribution in [-0.4, -0.2) is 20.1 Å². The second-order valence-corrected chi connectivity index (χ2v) is 7.08. The molecule has 2 aromatic rings. The van der Waals surface area contributed by atoms with Crippen LogP contribution >= 0.6 is 11.3 Å². The van der Waals surface area contributed by atoms with Crippen LogP contribution < -0.4 is 4.72 Å². The summed E-state index contributed by atoms with van der Waals surface area (Å²) in [6, 6.07) is 10.2. The molecule has 1 aromatic heterocycles. The molecule has 1 heterocycles. The number of aliphatic hydroxyl groups is 1. The van der Waals surface area contributed by atoms with Crippen molar-refractivity contribution in [3.8, 4) is 6.07 Å². The number of rotatable bonds is 6. The predicted octanol–water partition coefficient (Wildman–Crippen LogP) is 1.77. The van der Waals surface area contributed by atoms with E-state index in [0.717, 1.165) is 0 Å². The third kappa shape index (κ3) is 4.65. The van der Waals surface area contributed by atoms with E-state index >= 15 is 0 Å². The highest BCUT2D eigenvalue weighted by atomic mass is 32.2. The van der Waals surface area contributed by atoms with Crippen LogP contribution in [0.25, 0.3) is 0 Å². The van der Waals surface area contributed by atoms with E-state index in [1.54, 1.807) is 29.6 Å². The van der Waals surface area contributed by atoms with E-state index < -0.39 is 16.1 Å². The summed E-state index contributed by atoms with van der Waals surface area (Å²) in [5.74, 6) is -0.223. The van der Waals surface area contributed by atoms with Crippen molar-refractivity contribution in [2.45, 2.75) is 11.9 Å². The molecule has 2 rings (SSSR count). The molecule has 1 atom stereocenters. The largest absolute Gasteiger partial charge is 0.387 e. The molecule has 0 radical (unpaired) electrons. The van der Waals surface area contributed by atoms with Crippen molar-refractivity contribution >= 4 is 21.4 Å². The Labute approximate surface area is 127 Å². The summed E-state index contributed by atoms with van der Waals surface area (Å²) in [6.07, 6.45) is -0.864. The van der Waals surface area contributed by atoms with Gasteiger partial charge in [0.15, 0.2) is 0 Å². The number of nitrogens with one attached hydrogen (secondary N) is 1. The summed E-state index contributed by atoms with van der Waals surface area (Å²) in [5.41, 5.74) is 1.64. The maximum absolute atomic E-state index is 12.0. The van der Waals surface area contributed by atoms with Crippen molar-refractivity contribution in [3.63, 3.8) is 0 Å². The van der Waals surface area contributed by atoms with E-state index in [1.165, 1.54) is 17.4 Å². The molecule has 0 saturated heterocycles. The van der Waals surface area contributed by atoms with E-state index in [4.69, 9.17) is 5.26 Å². The van der Waals surface area contributed by atoms with Gasteiger partial charge in [0.05, 0.1) is 23.5 Å². The average molecular weight is 322 g/mol. The highest BCUT2D eigenvalue weighted by molar-refractivity contribution is 7.88. The molecule has 110 valence electrons. The standard InChI is InChI=1S/C14H14N2O3S2/c15-7-11-2-1-3-12(6-11)10-21(18,19)16-8-14(17)13-4-5-20-9-13/h1-6,9,14,16-17H,8,10H2. The lowest BCUT2D eigenvalue weighted by atomic mass is 10.2. The van der Waals surface area contributed by atoms with E-state index in [0.29, 0.717) is 16.7 Å². The van der Waals surface area contributed by atoms with Gasteiger partial charge in [-0.3, -0.25) is 0 Å². The number of aliphatic hydroxyl groups excluding tert-OH is 1. The highest BCUT2D eigenvalue weighted by Gasteiger charge is 2.15. The number of hydrogen-bond donors (Lipinski definition) is 2. The first kappa shape index (κ1) is 15.7. The smallest absolute Gasteiger partial charge is 0.215 e. The van der Waals surface area contributed by atoms with Crippen LogP contribution in [0.2, 0.25) is 0 Å². The summed E-state index contributed by atoms with van der Waals surface area (Å²) in [4.78, 5) is 0. The Balaban J connectivity index is 1.97. The van der Waals surface area contributed by atoms with Gasteiger partial charge in [-0.2, -0.15) is 16.6 Å². The highest BCUT2D eigenvalue weighted by Crippen LogP contribution is 2.16. The van der Waals surface area contributed by atoms with Crippen molar-refractivity contribution in [3.05, 3.63) is 57.8 Å². The fourth-order valence-electron chi connectivity index (χ4n) is 1.79. The van der Waals surface area contributed by atoms with Crippen LogP contribution in [-0.2, 0) is 15.8 Å². The monoisotopic (exact) mass is 322 g/mol. The van der Waals surface area contributed by atoms with Crippen LogP contribution in [0.3, 0.4) is 0 Å². The third-order valence-corrected chi connectivity index (χ3v) is 4.86. The first-order valence-corrected chi connectivity index (χ1v) is 8.76. The lowest BCUT2D eigenvalue weighted by Gasteiger charge is -2.11. The van der Waals surface area contributed by atoms with Gasteiger partial charge in [-0.25, -0.2) is 13.1 Å². The van der Waals surface area contributed by atoms with Crippen molar-refractivity contribution in [2.24, 2.45) is 0 Å². The molecule has 5 nitrogen and oxygen atoms in total. The first-order chi connectivity index (χ1) is 10.00. The Bertz CT molecular complexity index is 734. The van der Waals surface area contributed by atoms with Gasteiger partial charge in [-0.15, -0.1) is 0 Å². The van der Waals surface area contributed by atoms with Gasteiger partial charge in [-0.05, 0) is 40.1 Å². The normalized spacial score (nSPS) is 12.8. The lowest BCUT2D eigenvalue weighted by Crippen LogP contribution is -2.29. The molecule has 0 aliphatic heterocycles. The van der Waals surface area contributed by atoms with Gasteiger partial charge < -0.3 is 5.11 Å². The minimum Gasteiger partial charge on any atom is -0.387 e. The van der Waals surface area contributed by atoms with E-state index in [9.17, 15) is 13.5 Å². The Morgan fingerprint density at radius 2 is 2.19 bits per heavy atom. The zero-order chi connectivity index (χ0) is 15.3. The van der Waals surface area contributed by atoms with E-state index in [1.807, 2.05) is 11.4 Å². The molecule has 0 bridgehead atoms. The lowest BCUT2D eigenvalue weighted by molar-refractivity contribution is 0.182. The van der Waals surface area contributed by atoms with Crippen molar-refractivity contribution in [1.29, 1.82) is 5.26 Å². The second-order valence-electron chi connectivity index (χ2n) is 4.49. The number of nitriles is 1. The van der Waals surface area contributed by atoms with Crippen molar-refractivity contribution in [1.82, 2.24) is 4.72 Å². The Morgan fingerprint density at radius 3 is 2.86 bits per heavy atom. The van der Waals surface area contributed by atoms with Crippen LogP contribution in [0.5, 0.6) is 0 Å². The van der Waals surface area contributed by atoms with Crippen LogP contribution in [0.15, 0.2) is 41.1 Å². The van der Waals surface area contributed by atoms with E-state index in [-0.39, 0.29) is 12.3 Å². The Morgan fingerprint density at radius 1 is 1.38 bits per heavy atom. The average Bonchev–Trinajstić information content (AvgIpc) is 2.99. The molecule has 0 amide bonds. The number of benzene rings is 1. The molecular formula is C14H14N2O3S2. The molecule has 0 saturated carbocycles. The summed E-state index contributed by atoms with van der Waals surface area (Å²) >= 11 is 1.44. The number of sulfonamides is 1. The number of hydrogen-bond acceptors (Lipinski definition) is 5. The molecular weight excluding hydrogens is 308 g/mol. The molecule has 0 fully saturated rings. The minimum absolute atomic E-state index is 0.0724. The molecule has 7 heteroatoms. The predicted molar refractivity (Wildman–Crippen MR) is 81.1 cm³/mol. The van der Waals surface area contributed by atoms with Gasteiger partial charge in [0.1, 0.15) is 0 Å². The molecule has 0 aliphatic carbocycles. The zero-order valence-electron chi connectivity index (χ0n) is 11.1. The van der Waals surface area contributed by atoms with E-state index in [2.05, 4.69) is 4.72 Å². The van der Waals surface area contributed by atoms with Crippen molar-refractivity contribution < 1.29 is 13.5 Å². The van der Waals surface area contributed by atoms with Crippen LogP contribution in [0.4, 0.5) is 0 Å². The molecule has 2 N–H and O–H groups in total. The topological polar surface area (TPSA) is 90.2 Å². The molecule has 1 aromatic carbocycles. The fourth-order valence-corrected chi connectivity index (χ4v) is 3.63. The Kier molecular flexibility index (Phi) is 5.09. The Hall–Kier alpha value is -1.72. The maximum Gasteiger partial charge on any atom is 0.215 e. The van der Waals surface area contributed by atoms with Gasteiger partial charge in [0.25, 0.3) is 0 Å². The summed E-state index contributed by atoms with van der Waals surface area (Å²) in [7, 11) is -3.56. The third-order valence-electron chi connectivity index (χ3n) is 2.84.